The Bertz CT molecular complexity index is 681. The Morgan fingerprint density at radius 2 is 1.65 bits per heavy atom. The molecule has 20 heavy (non-hydrogen) atoms. The summed E-state index contributed by atoms with van der Waals surface area (Å²) < 4.78 is 0. The second-order valence-corrected chi connectivity index (χ2v) is 4.65. The van der Waals surface area contributed by atoms with E-state index in [1.807, 2.05) is 0 Å². The van der Waals surface area contributed by atoms with Gasteiger partial charge in [0.2, 0.25) is 5.91 Å². The summed E-state index contributed by atoms with van der Waals surface area (Å²) >= 11 is 0. The molecule has 0 saturated heterocycles. The Kier molecular flexibility index (Phi) is 3.66. The molecule has 1 N–H and O–H groups in total. The number of carbonyl (C=O) groups excluding carboxylic acids is 3. The molecule has 1 aromatic rings. The van der Waals surface area contributed by atoms with Crippen molar-refractivity contribution in [3.05, 3.63) is 58.2 Å². The quantitative estimate of drug-likeness (QED) is 0.836. The summed E-state index contributed by atoms with van der Waals surface area (Å²) in [5.74, 6) is -0.665. The molecule has 0 spiro atoms. The molecule has 1 aliphatic carbocycles. The lowest BCUT2D eigenvalue weighted by atomic mass is 9.84. The average molecular weight is 269 g/mol. The lowest BCUT2D eigenvalue weighted by Gasteiger charge is -2.17. The van der Waals surface area contributed by atoms with E-state index in [2.05, 4.69) is 5.32 Å². The van der Waals surface area contributed by atoms with Crippen molar-refractivity contribution < 1.29 is 14.4 Å². The standard InChI is InChI=1S/C16H15NO3/c1-9(16(20)17-3)8-13-10(2)14(18)11-6-4-5-7-12(11)15(13)19/h4-8H,1-3H3,(H,17,20). The molecule has 0 atom stereocenters. The normalized spacial score (nSPS) is 15.2. The number of hydrogen-bond donors (Lipinski definition) is 1. The van der Waals surface area contributed by atoms with Crippen LogP contribution >= 0.6 is 0 Å². The fraction of sp³-hybridized carbons (Fsp3) is 0.188. The van der Waals surface area contributed by atoms with Crippen molar-refractivity contribution in [2.24, 2.45) is 0 Å². The van der Waals surface area contributed by atoms with E-state index in [1.54, 1.807) is 38.1 Å². The highest BCUT2D eigenvalue weighted by molar-refractivity contribution is 6.28. The van der Waals surface area contributed by atoms with Gasteiger partial charge in [0, 0.05) is 34.9 Å². The van der Waals surface area contributed by atoms with E-state index in [9.17, 15) is 14.4 Å². The zero-order valence-corrected chi connectivity index (χ0v) is 11.6. The third-order valence-electron chi connectivity index (χ3n) is 3.35. The minimum atomic E-state index is -0.274. The molecule has 1 aliphatic rings. The van der Waals surface area contributed by atoms with Gasteiger partial charge in [-0.05, 0) is 19.9 Å². The fourth-order valence-corrected chi connectivity index (χ4v) is 2.17. The first-order chi connectivity index (χ1) is 9.47. The minimum Gasteiger partial charge on any atom is -0.355 e. The highest BCUT2D eigenvalue weighted by atomic mass is 16.2. The van der Waals surface area contributed by atoms with Gasteiger partial charge in [0.1, 0.15) is 0 Å². The van der Waals surface area contributed by atoms with Gasteiger partial charge in [0.05, 0.1) is 0 Å². The van der Waals surface area contributed by atoms with Gasteiger partial charge in [0.15, 0.2) is 11.6 Å². The van der Waals surface area contributed by atoms with Crippen molar-refractivity contribution in [2.45, 2.75) is 13.8 Å². The molecule has 0 bridgehead atoms. The van der Waals surface area contributed by atoms with Crippen LogP contribution in [0, 0.1) is 0 Å². The van der Waals surface area contributed by atoms with E-state index in [0.717, 1.165) is 0 Å². The number of nitrogens with one attached hydrogen (secondary N) is 1. The van der Waals surface area contributed by atoms with Crippen LogP contribution in [0.3, 0.4) is 0 Å². The molecule has 4 heteroatoms. The monoisotopic (exact) mass is 269 g/mol. The van der Waals surface area contributed by atoms with E-state index in [1.165, 1.54) is 13.1 Å². The van der Waals surface area contributed by atoms with Crippen molar-refractivity contribution >= 4 is 17.5 Å². The molecule has 0 aromatic heterocycles. The van der Waals surface area contributed by atoms with E-state index in [-0.39, 0.29) is 23.0 Å². The molecular weight excluding hydrogens is 254 g/mol. The Morgan fingerprint density at radius 3 is 2.20 bits per heavy atom. The summed E-state index contributed by atoms with van der Waals surface area (Å²) in [5, 5.41) is 2.49. The van der Waals surface area contributed by atoms with E-state index in [0.29, 0.717) is 22.3 Å². The van der Waals surface area contributed by atoms with Crippen LogP contribution in [0.1, 0.15) is 34.6 Å². The van der Waals surface area contributed by atoms with Gasteiger partial charge >= 0.3 is 0 Å². The smallest absolute Gasteiger partial charge is 0.246 e. The number of ketones is 2. The third-order valence-corrected chi connectivity index (χ3v) is 3.35. The molecule has 0 unspecified atom stereocenters. The largest absolute Gasteiger partial charge is 0.355 e. The molecule has 0 heterocycles. The first-order valence-corrected chi connectivity index (χ1v) is 6.27. The Morgan fingerprint density at radius 1 is 1.10 bits per heavy atom. The summed E-state index contributed by atoms with van der Waals surface area (Å²) in [6.45, 7) is 3.22. The second-order valence-electron chi connectivity index (χ2n) is 4.65. The number of fused-ring (bicyclic) bond motifs is 1. The van der Waals surface area contributed by atoms with E-state index in [4.69, 9.17) is 0 Å². The van der Waals surface area contributed by atoms with Gasteiger partial charge in [-0.25, -0.2) is 0 Å². The summed E-state index contributed by atoms with van der Waals surface area (Å²) in [5.41, 5.74) is 1.86. The molecule has 1 aromatic carbocycles. The van der Waals surface area contributed by atoms with Crippen LogP contribution in [0.25, 0.3) is 0 Å². The zero-order chi connectivity index (χ0) is 14.9. The second kappa shape index (κ2) is 5.25. The van der Waals surface area contributed by atoms with Crippen molar-refractivity contribution in [3.8, 4) is 0 Å². The molecule has 0 saturated carbocycles. The van der Waals surface area contributed by atoms with Gasteiger partial charge in [-0.15, -0.1) is 0 Å². The molecule has 1 amide bonds. The maximum absolute atomic E-state index is 12.4. The van der Waals surface area contributed by atoms with Crippen molar-refractivity contribution in [1.82, 2.24) is 5.32 Å². The van der Waals surface area contributed by atoms with Gasteiger partial charge < -0.3 is 5.32 Å². The Balaban J connectivity index is 2.56. The zero-order valence-electron chi connectivity index (χ0n) is 11.6. The molecule has 102 valence electrons. The summed E-state index contributed by atoms with van der Waals surface area (Å²) in [4.78, 5) is 36.2. The van der Waals surface area contributed by atoms with Crippen LogP contribution in [0.4, 0.5) is 0 Å². The van der Waals surface area contributed by atoms with Gasteiger partial charge in [-0.1, -0.05) is 24.3 Å². The summed E-state index contributed by atoms with van der Waals surface area (Å²) in [6.07, 6.45) is 1.48. The molecule has 0 aliphatic heterocycles. The van der Waals surface area contributed by atoms with Crippen LogP contribution in [0.5, 0.6) is 0 Å². The number of benzene rings is 1. The number of rotatable bonds is 2. The molecular formula is C16H15NO3. The van der Waals surface area contributed by atoms with Crippen LogP contribution in [0.15, 0.2) is 47.1 Å². The van der Waals surface area contributed by atoms with Gasteiger partial charge in [-0.2, -0.15) is 0 Å². The van der Waals surface area contributed by atoms with Crippen LogP contribution in [0.2, 0.25) is 0 Å². The average Bonchev–Trinajstić information content (AvgIpc) is 2.48. The molecule has 0 radical (unpaired) electrons. The van der Waals surface area contributed by atoms with Gasteiger partial charge in [0.25, 0.3) is 0 Å². The lowest BCUT2D eigenvalue weighted by Crippen LogP contribution is -2.22. The first-order valence-electron chi connectivity index (χ1n) is 6.27. The number of amides is 1. The molecule has 0 fully saturated rings. The van der Waals surface area contributed by atoms with E-state index >= 15 is 0 Å². The van der Waals surface area contributed by atoms with Crippen molar-refractivity contribution in [2.75, 3.05) is 7.05 Å². The maximum Gasteiger partial charge on any atom is 0.246 e. The molecule has 4 nitrogen and oxygen atoms in total. The maximum atomic E-state index is 12.4. The number of carbonyl (C=O) groups is 3. The minimum absolute atomic E-state index is 0.170. The Hall–Kier alpha value is -2.49. The first kappa shape index (κ1) is 13.9. The summed E-state index contributed by atoms with van der Waals surface area (Å²) in [7, 11) is 1.52. The van der Waals surface area contributed by atoms with Crippen molar-refractivity contribution in [3.63, 3.8) is 0 Å². The third kappa shape index (κ3) is 2.20. The number of allylic oxidation sites excluding steroid dienone is 3. The summed E-state index contributed by atoms with van der Waals surface area (Å²) in [6, 6.07) is 6.72. The fourth-order valence-electron chi connectivity index (χ4n) is 2.17. The topological polar surface area (TPSA) is 63.2 Å². The number of Topliss-reactive ketones (excluding diaryl/α,β-unsaturated/α-hetero) is 2. The van der Waals surface area contributed by atoms with Crippen LogP contribution in [-0.4, -0.2) is 24.5 Å². The Labute approximate surface area is 117 Å². The number of hydrogen-bond acceptors (Lipinski definition) is 3. The molecule has 2 rings (SSSR count). The van der Waals surface area contributed by atoms with Crippen LogP contribution in [-0.2, 0) is 4.79 Å². The van der Waals surface area contributed by atoms with E-state index < -0.39 is 0 Å². The highest BCUT2D eigenvalue weighted by Crippen LogP contribution is 2.27. The number of likely N-dealkylation sites (N-methyl/N-ethyl adjacent to an activating group) is 1. The highest BCUT2D eigenvalue weighted by Gasteiger charge is 2.28. The van der Waals surface area contributed by atoms with Gasteiger partial charge in [-0.3, -0.25) is 14.4 Å². The SMILES string of the molecule is CNC(=O)C(C)=CC1=C(C)C(=O)c2ccccc2C1=O. The van der Waals surface area contributed by atoms with Crippen LogP contribution < -0.4 is 5.32 Å². The lowest BCUT2D eigenvalue weighted by molar-refractivity contribution is -0.116. The predicted octanol–water partition coefficient (Wildman–Crippen LogP) is 2.07. The van der Waals surface area contributed by atoms with Crippen molar-refractivity contribution in [1.29, 1.82) is 0 Å². The predicted molar refractivity (Wildman–Crippen MR) is 75.6 cm³/mol.